The predicted octanol–water partition coefficient (Wildman–Crippen LogP) is 2.39. The highest BCUT2D eigenvalue weighted by Crippen LogP contribution is 2.20. The van der Waals surface area contributed by atoms with Gasteiger partial charge in [-0.3, -0.25) is 4.79 Å². The van der Waals surface area contributed by atoms with Gasteiger partial charge >= 0.3 is 5.97 Å². The van der Waals surface area contributed by atoms with E-state index in [1.165, 1.54) is 25.1 Å². The van der Waals surface area contributed by atoms with Gasteiger partial charge in [-0.2, -0.15) is 0 Å². The van der Waals surface area contributed by atoms with Crippen molar-refractivity contribution in [3.8, 4) is 0 Å². The Hall–Kier alpha value is -1.62. The summed E-state index contributed by atoms with van der Waals surface area (Å²) in [5.41, 5.74) is -1.31. The highest BCUT2D eigenvalue weighted by molar-refractivity contribution is 6.31. The lowest BCUT2D eigenvalue weighted by atomic mass is 9.98. The molecule has 0 aliphatic rings. The third kappa shape index (κ3) is 3.67. The molecule has 0 aliphatic heterocycles. The summed E-state index contributed by atoms with van der Waals surface area (Å²) in [5, 5.41) is 11.6. The summed E-state index contributed by atoms with van der Waals surface area (Å²) < 4.78 is 13.5. The van der Waals surface area contributed by atoms with Crippen LogP contribution in [0.1, 0.15) is 25.8 Å². The maximum absolute atomic E-state index is 13.5. The Morgan fingerprint density at radius 3 is 2.58 bits per heavy atom. The molecule has 0 aromatic heterocycles. The number of amides is 1. The molecule has 6 heteroatoms. The number of benzene rings is 1. The minimum absolute atomic E-state index is 0.0607. The molecule has 0 saturated heterocycles. The number of hydrogen-bond donors (Lipinski definition) is 2. The molecule has 0 saturated carbocycles. The van der Waals surface area contributed by atoms with Gasteiger partial charge in [0.05, 0.1) is 6.42 Å². The molecule has 1 amide bonds. The van der Waals surface area contributed by atoms with E-state index in [1.54, 1.807) is 6.92 Å². The van der Waals surface area contributed by atoms with Gasteiger partial charge in [0, 0.05) is 10.6 Å². The number of hydrogen-bond acceptors (Lipinski definition) is 2. The first-order chi connectivity index (χ1) is 8.80. The van der Waals surface area contributed by atoms with Crippen molar-refractivity contribution in [1.82, 2.24) is 5.32 Å². The summed E-state index contributed by atoms with van der Waals surface area (Å²) in [6, 6.07) is 4.11. The van der Waals surface area contributed by atoms with Crippen molar-refractivity contribution < 1.29 is 19.1 Å². The number of aliphatic carboxylic acids is 1. The lowest BCUT2D eigenvalue weighted by molar-refractivity contribution is -0.146. The highest BCUT2D eigenvalue weighted by Gasteiger charge is 2.32. The summed E-state index contributed by atoms with van der Waals surface area (Å²) >= 11 is 5.80. The number of carbonyl (C=O) groups is 2. The summed E-state index contributed by atoms with van der Waals surface area (Å²) in [4.78, 5) is 22.9. The quantitative estimate of drug-likeness (QED) is 0.874. The Labute approximate surface area is 115 Å². The zero-order chi connectivity index (χ0) is 14.6. The number of nitrogens with one attached hydrogen (secondary N) is 1. The summed E-state index contributed by atoms with van der Waals surface area (Å²) in [5.74, 6) is -2.31. The molecule has 0 unspecified atom stereocenters. The fourth-order valence-electron chi connectivity index (χ4n) is 1.51. The van der Waals surface area contributed by atoms with Crippen molar-refractivity contribution in [2.24, 2.45) is 0 Å². The second-order valence-electron chi connectivity index (χ2n) is 4.42. The van der Waals surface area contributed by atoms with E-state index in [9.17, 15) is 14.0 Å². The van der Waals surface area contributed by atoms with Crippen LogP contribution in [0.25, 0.3) is 0 Å². The topological polar surface area (TPSA) is 66.4 Å². The Kier molecular flexibility index (Phi) is 4.89. The molecule has 1 aromatic carbocycles. The van der Waals surface area contributed by atoms with Crippen LogP contribution in [-0.4, -0.2) is 22.5 Å². The maximum atomic E-state index is 13.5. The first-order valence-corrected chi connectivity index (χ1v) is 6.15. The molecule has 1 rings (SSSR count). The van der Waals surface area contributed by atoms with Gasteiger partial charge in [0.2, 0.25) is 5.91 Å². The maximum Gasteiger partial charge on any atom is 0.329 e. The number of halogens is 2. The van der Waals surface area contributed by atoms with Gasteiger partial charge in [-0.25, -0.2) is 9.18 Å². The lowest BCUT2D eigenvalue weighted by Crippen LogP contribution is -2.52. The van der Waals surface area contributed by atoms with E-state index in [0.717, 1.165) is 0 Å². The van der Waals surface area contributed by atoms with Crippen LogP contribution in [-0.2, 0) is 16.0 Å². The minimum atomic E-state index is -1.37. The van der Waals surface area contributed by atoms with Gasteiger partial charge < -0.3 is 10.4 Å². The molecule has 2 N–H and O–H groups in total. The van der Waals surface area contributed by atoms with Crippen molar-refractivity contribution in [2.45, 2.75) is 32.2 Å². The van der Waals surface area contributed by atoms with Crippen molar-refractivity contribution in [1.29, 1.82) is 0 Å². The van der Waals surface area contributed by atoms with Gasteiger partial charge in [0.15, 0.2) is 0 Å². The van der Waals surface area contributed by atoms with Crippen LogP contribution in [0.2, 0.25) is 5.02 Å². The standard InChI is InChI=1S/C13H15ClFNO3/c1-3-13(2,12(18)19)16-11(17)7-8-9(14)5-4-6-10(8)15/h4-6H,3,7H2,1-2H3,(H,16,17)(H,18,19)/t13-/m1/s1. The van der Waals surface area contributed by atoms with E-state index in [4.69, 9.17) is 16.7 Å². The molecule has 0 spiro atoms. The van der Waals surface area contributed by atoms with Crippen LogP contribution in [0, 0.1) is 5.82 Å². The fourth-order valence-corrected chi connectivity index (χ4v) is 1.74. The van der Waals surface area contributed by atoms with Crippen LogP contribution >= 0.6 is 11.6 Å². The summed E-state index contributed by atoms with van der Waals surface area (Å²) in [6.45, 7) is 3.04. The van der Waals surface area contributed by atoms with Gasteiger partial charge in [-0.1, -0.05) is 24.6 Å². The predicted molar refractivity (Wildman–Crippen MR) is 69.6 cm³/mol. The first kappa shape index (κ1) is 15.4. The molecule has 0 heterocycles. The van der Waals surface area contributed by atoms with Crippen molar-refractivity contribution >= 4 is 23.5 Å². The van der Waals surface area contributed by atoms with Crippen LogP contribution in [0.15, 0.2) is 18.2 Å². The number of carboxylic acids is 1. The molecule has 19 heavy (non-hydrogen) atoms. The first-order valence-electron chi connectivity index (χ1n) is 5.77. The molecule has 104 valence electrons. The van der Waals surface area contributed by atoms with E-state index >= 15 is 0 Å². The van der Waals surface area contributed by atoms with Gasteiger partial charge in [0.25, 0.3) is 0 Å². The van der Waals surface area contributed by atoms with Gasteiger partial charge in [0.1, 0.15) is 11.4 Å². The van der Waals surface area contributed by atoms with Crippen molar-refractivity contribution in [3.63, 3.8) is 0 Å². The average Bonchev–Trinajstić information content (AvgIpc) is 2.33. The number of carbonyl (C=O) groups excluding carboxylic acids is 1. The molecule has 0 bridgehead atoms. The van der Waals surface area contributed by atoms with Crippen LogP contribution < -0.4 is 5.32 Å². The molecular formula is C13H15ClFNO3. The van der Waals surface area contributed by atoms with Crippen LogP contribution in [0.5, 0.6) is 0 Å². The van der Waals surface area contributed by atoms with E-state index in [1.807, 2.05) is 0 Å². The Balaban J connectivity index is 2.84. The van der Waals surface area contributed by atoms with Crippen molar-refractivity contribution in [3.05, 3.63) is 34.6 Å². The van der Waals surface area contributed by atoms with Crippen LogP contribution in [0.3, 0.4) is 0 Å². The van der Waals surface area contributed by atoms with Gasteiger partial charge in [-0.05, 0) is 25.5 Å². The van der Waals surface area contributed by atoms with E-state index in [-0.39, 0.29) is 23.4 Å². The second kappa shape index (κ2) is 6.02. The van der Waals surface area contributed by atoms with Crippen LogP contribution in [0.4, 0.5) is 4.39 Å². The second-order valence-corrected chi connectivity index (χ2v) is 4.82. The Morgan fingerprint density at radius 2 is 2.11 bits per heavy atom. The fraction of sp³-hybridized carbons (Fsp3) is 0.385. The van der Waals surface area contributed by atoms with Gasteiger partial charge in [-0.15, -0.1) is 0 Å². The Morgan fingerprint density at radius 1 is 1.47 bits per heavy atom. The average molecular weight is 288 g/mol. The van der Waals surface area contributed by atoms with Crippen molar-refractivity contribution in [2.75, 3.05) is 0 Å². The number of rotatable bonds is 5. The third-order valence-corrected chi connectivity index (χ3v) is 3.35. The SMILES string of the molecule is CC[C@@](C)(NC(=O)Cc1c(F)cccc1Cl)C(=O)O. The summed E-state index contributed by atoms with van der Waals surface area (Å²) in [6.07, 6.45) is -0.0759. The molecular weight excluding hydrogens is 273 g/mol. The highest BCUT2D eigenvalue weighted by atomic mass is 35.5. The number of carboxylic acid groups (broad SMARTS) is 1. The lowest BCUT2D eigenvalue weighted by Gasteiger charge is -2.24. The van der Waals surface area contributed by atoms with E-state index in [2.05, 4.69) is 5.32 Å². The molecule has 1 atom stereocenters. The third-order valence-electron chi connectivity index (χ3n) is 2.99. The normalized spacial score (nSPS) is 13.7. The minimum Gasteiger partial charge on any atom is -0.480 e. The molecule has 4 nitrogen and oxygen atoms in total. The molecule has 0 aliphatic carbocycles. The largest absolute Gasteiger partial charge is 0.480 e. The smallest absolute Gasteiger partial charge is 0.329 e. The monoisotopic (exact) mass is 287 g/mol. The summed E-state index contributed by atoms with van der Waals surface area (Å²) in [7, 11) is 0. The molecule has 0 fully saturated rings. The molecule has 1 aromatic rings. The van der Waals surface area contributed by atoms with E-state index in [0.29, 0.717) is 0 Å². The molecule has 0 radical (unpaired) electrons. The Bertz CT molecular complexity index is 486. The zero-order valence-corrected chi connectivity index (χ0v) is 11.4. The zero-order valence-electron chi connectivity index (χ0n) is 10.7. The van der Waals surface area contributed by atoms with E-state index < -0.39 is 23.2 Å².